The number of halogens is 1. The second-order valence-electron chi connectivity index (χ2n) is 7.05. The highest BCUT2D eigenvalue weighted by molar-refractivity contribution is 14.0. The SMILES string of the molecule is CN=C(NCc1ccc(C(=O)N(C)C)cc1)N1CCOC(c2cnn(C)c2)C1.I. The second-order valence-corrected chi connectivity index (χ2v) is 7.05. The summed E-state index contributed by atoms with van der Waals surface area (Å²) in [5.41, 5.74) is 2.85. The molecule has 1 aliphatic rings. The Morgan fingerprint density at radius 3 is 2.66 bits per heavy atom. The van der Waals surface area contributed by atoms with Gasteiger partial charge in [0.25, 0.3) is 5.91 Å². The molecule has 1 saturated heterocycles. The van der Waals surface area contributed by atoms with Crippen LogP contribution in [0, 0.1) is 0 Å². The van der Waals surface area contributed by atoms with Crippen molar-refractivity contribution in [2.24, 2.45) is 12.0 Å². The van der Waals surface area contributed by atoms with E-state index in [1.165, 1.54) is 0 Å². The van der Waals surface area contributed by atoms with Gasteiger partial charge in [-0.3, -0.25) is 14.5 Å². The van der Waals surface area contributed by atoms with Crippen LogP contribution in [0.4, 0.5) is 0 Å². The van der Waals surface area contributed by atoms with E-state index in [9.17, 15) is 4.79 Å². The highest BCUT2D eigenvalue weighted by Crippen LogP contribution is 2.21. The number of benzene rings is 1. The summed E-state index contributed by atoms with van der Waals surface area (Å²) < 4.78 is 7.69. The van der Waals surface area contributed by atoms with Crippen molar-refractivity contribution in [1.82, 2.24) is 24.9 Å². The van der Waals surface area contributed by atoms with E-state index in [2.05, 4.69) is 20.3 Å². The van der Waals surface area contributed by atoms with Gasteiger partial charge in [-0.05, 0) is 17.7 Å². The van der Waals surface area contributed by atoms with Crippen molar-refractivity contribution in [3.63, 3.8) is 0 Å². The van der Waals surface area contributed by atoms with Crippen LogP contribution in [0.2, 0.25) is 0 Å². The lowest BCUT2D eigenvalue weighted by molar-refractivity contribution is -0.00805. The topological polar surface area (TPSA) is 75.0 Å². The quantitative estimate of drug-likeness (QED) is 0.385. The summed E-state index contributed by atoms with van der Waals surface area (Å²) in [6, 6.07) is 7.65. The average Bonchev–Trinajstić information content (AvgIpc) is 3.15. The van der Waals surface area contributed by atoms with Crippen molar-refractivity contribution in [3.8, 4) is 0 Å². The van der Waals surface area contributed by atoms with Crippen molar-refractivity contribution in [2.75, 3.05) is 40.8 Å². The van der Waals surface area contributed by atoms with Crippen LogP contribution in [-0.4, -0.2) is 72.3 Å². The zero-order valence-corrected chi connectivity index (χ0v) is 19.7. The molecular weight excluding hydrogens is 483 g/mol. The van der Waals surface area contributed by atoms with Crippen LogP contribution in [-0.2, 0) is 18.3 Å². The van der Waals surface area contributed by atoms with Gasteiger partial charge in [0.1, 0.15) is 6.10 Å². The number of carbonyl (C=O) groups excluding carboxylic acids is 1. The Morgan fingerprint density at radius 2 is 2.07 bits per heavy atom. The van der Waals surface area contributed by atoms with E-state index in [-0.39, 0.29) is 36.0 Å². The van der Waals surface area contributed by atoms with Gasteiger partial charge in [0.2, 0.25) is 0 Å². The molecule has 2 heterocycles. The molecule has 0 radical (unpaired) electrons. The van der Waals surface area contributed by atoms with Gasteiger partial charge in [-0.1, -0.05) is 12.1 Å². The number of amides is 1. The highest BCUT2D eigenvalue weighted by atomic mass is 127. The van der Waals surface area contributed by atoms with Crippen molar-refractivity contribution < 1.29 is 9.53 Å². The molecule has 0 aliphatic carbocycles. The van der Waals surface area contributed by atoms with Crippen molar-refractivity contribution in [3.05, 3.63) is 53.3 Å². The van der Waals surface area contributed by atoms with Gasteiger partial charge in [-0.2, -0.15) is 5.10 Å². The maximum Gasteiger partial charge on any atom is 0.253 e. The number of aryl methyl sites for hydroxylation is 1. The normalized spacial score (nSPS) is 16.9. The molecule has 0 saturated carbocycles. The Labute approximate surface area is 188 Å². The highest BCUT2D eigenvalue weighted by Gasteiger charge is 2.25. The van der Waals surface area contributed by atoms with Gasteiger partial charge < -0.3 is 19.9 Å². The van der Waals surface area contributed by atoms with Gasteiger partial charge in [-0.15, -0.1) is 24.0 Å². The number of hydrogen-bond acceptors (Lipinski definition) is 4. The van der Waals surface area contributed by atoms with Crippen molar-refractivity contribution in [2.45, 2.75) is 12.6 Å². The standard InChI is InChI=1S/C20H28N6O2.HI/c1-21-20(22-11-15-5-7-16(8-6-15)19(27)24(2)3)26-9-10-28-18(14-26)17-12-23-25(4)13-17;/h5-8,12-13,18H,9-11,14H2,1-4H3,(H,21,22);1H. The lowest BCUT2D eigenvalue weighted by Crippen LogP contribution is -2.47. The molecule has 0 spiro atoms. The minimum Gasteiger partial charge on any atom is -0.370 e. The van der Waals surface area contributed by atoms with Crippen LogP contribution < -0.4 is 5.32 Å². The molecule has 0 bridgehead atoms. The molecule has 1 fully saturated rings. The smallest absolute Gasteiger partial charge is 0.253 e. The zero-order valence-electron chi connectivity index (χ0n) is 17.3. The van der Waals surface area contributed by atoms with Gasteiger partial charge in [0.05, 0.1) is 19.3 Å². The molecule has 158 valence electrons. The number of carbonyl (C=O) groups is 1. The number of rotatable bonds is 4. The molecule has 1 aliphatic heterocycles. The molecule has 1 amide bonds. The predicted molar refractivity (Wildman–Crippen MR) is 124 cm³/mol. The van der Waals surface area contributed by atoms with E-state index < -0.39 is 0 Å². The first-order chi connectivity index (χ1) is 13.5. The minimum absolute atomic E-state index is 0. The number of aromatic nitrogens is 2. The van der Waals surface area contributed by atoms with E-state index in [0.29, 0.717) is 18.7 Å². The average molecular weight is 512 g/mol. The zero-order chi connectivity index (χ0) is 20.1. The molecule has 8 nitrogen and oxygen atoms in total. The van der Waals surface area contributed by atoms with E-state index in [4.69, 9.17) is 4.74 Å². The summed E-state index contributed by atoms with van der Waals surface area (Å²) in [7, 11) is 7.20. The summed E-state index contributed by atoms with van der Waals surface area (Å²) >= 11 is 0. The van der Waals surface area contributed by atoms with Gasteiger partial charge in [0, 0.05) is 58.6 Å². The van der Waals surface area contributed by atoms with E-state index in [0.717, 1.165) is 30.2 Å². The Kier molecular flexibility index (Phi) is 8.45. The third-order valence-electron chi connectivity index (χ3n) is 4.73. The Hall–Kier alpha value is -2.14. The van der Waals surface area contributed by atoms with Gasteiger partial charge in [0.15, 0.2) is 5.96 Å². The Balaban J connectivity index is 0.00000300. The van der Waals surface area contributed by atoms with Crippen LogP contribution in [0.3, 0.4) is 0 Å². The Bertz CT molecular complexity index is 834. The molecule has 9 heteroatoms. The lowest BCUT2D eigenvalue weighted by Gasteiger charge is -2.34. The number of hydrogen-bond donors (Lipinski definition) is 1. The summed E-state index contributed by atoms with van der Waals surface area (Å²) in [6.07, 6.45) is 3.82. The monoisotopic (exact) mass is 512 g/mol. The van der Waals surface area contributed by atoms with Crippen LogP contribution in [0.15, 0.2) is 41.7 Å². The molecule has 1 unspecified atom stereocenters. The predicted octanol–water partition coefficient (Wildman–Crippen LogP) is 1.89. The number of nitrogens with zero attached hydrogens (tertiary/aromatic N) is 5. The fraction of sp³-hybridized carbons (Fsp3) is 0.450. The van der Waals surface area contributed by atoms with E-state index in [1.54, 1.807) is 30.7 Å². The lowest BCUT2D eigenvalue weighted by atomic mass is 10.1. The summed E-state index contributed by atoms with van der Waals surface area (Å²) in [5, 5.41) is 7.64. The number of guanidine groups is 1. The van der Waals surface area contributed by atoms with Crippen LogP contribution in [0.25, 0.3) is 0 Å². The first kappa shape index (κ1) is 23.1. The minimum atomic E-state index is -0.0164. The third-order valence-corrected chi connectivity index (χ3v) is 4.73. The number of ether oxygens (including phenoxy) is 1. The molecule has 2 aromatic rings. The van der Waals surface area contributed by atoms with Crippen LogP contribution in [0.5, 0.6) is 0 Å². The van der Waals surface area contributed by atoms with Crippen LogP contribution >= 0.6 is 24.0 Å². The van der Waals surface area contributed by atoms with Gasteiger partial charge >= 0.3 is 0 Å². The maximum absolute atomic E-state index is 12.0. The molecule has 1 aromatic heterocycles. The summed E-state index contributed by atoms with van der Waals surface area (Å²) in [6.45, 7) is 2.79. The largest absolute Gasteiger partial charge is 0.370 e. The third kappa shape index (κ3) is 5.92. The first-order valence-electron chi connectivity index (χ1n) is 9.34. The summed E-state index contributed by atoms with van der Waals surface area (Å²) in [5.74, 6) is 0.843. The maximum atomic E-state index is 12.0. The summed E-state index contributed by atoms with van der Waals surface area (Å²) in [4.78, 5) is 20.2. The van der Waals surface area contributed by atoms with Crippen molar-refractivity contribution in [1.29, 1.82) is 0 Å². The fourth-order valence-corrected chi connectivity index (χ4v) is 3.19. The van der Waals surface area contributed by atoms with Crippen LogP contribution in [0.1, 0.15) is 27.6 Å². The number of aliphatic imine (C=N–C) groups is 1. The number of morpholine rings is 1. The molecule has 29 heavy (non-hydrogen) atoms. The van der Waals surface area contributed by atoms with E-state index in [1.807, 2.05) is 43.7 Å². The van der Waals surface area contributed by atoms with E-state index >= 15 is 0 Å². The fourth-order valence-electron chi connectivity index (χ4n) is 3.19. The molecular formula is C20H29IN6O2. The first-order valence-corrected chi connectivity index (χ1v) is 9.34. The second kappa shape index (κ2) is 10.6. The molecule has 1 atom stereocenters. The van der Waals surface area contributed by atoms with Gasteiger partial charge in [-0.25, -0.2) is 0 Å². The van der Waals surface area contributed by atoms with Crippen molar-refractivity contribution >= 4 is 35.8 Å². The molecule has 1 aromatic carbocycles. The molecule has 3 rings (SSSR count). The number of nitrogens with one attached hydrogen (secondary N) is 1. The Morgan fingerprint density at radius 1 is 1.34 bits per heavy atom. The molecule has 1 N–H and O–H groups in total.